The Balaban J connectivity index is 1.36. The predicted octanol–water partition coefficient (Wildman–Crippen LogP) is 5.54. The monoisotopic (exact) mass is 518 g/mol. The molecule has 6 nitrogen and oxygen atoms in total. The number of nitrogens with zero attached hydrogens (tertiary/aromatic N) is 4. The standard InChI is InChI=1S/C21H17BrClFN6S/c22-18-13-30(11-15-5-1-2-7-19(15)23)28-20(18)27-21(31)26-17-9-25-29(12-17)10-14-4-3-6-16(24)8-14/h1-9,12-13H,10-11H2,(H2,26,27,28,31). The van der Waals surface area contributed by atoms with E-state index in [1.165, 1.54) is 12.1 Å². The zero-order chi connectivity index (χ0) is 21.8. The fourth-order valence-electron chi connectivity index (χ4n) is 2.97. The lowest BCUT2D eigenvalue weighted by Crippen LogP contribution is -2.19. The molecule has 0 aliphatic rings. The molecule has 0 atom stereocenters. The van der Waals surface area contributed by atoms with Crippen LogP contribution < -0.4 is 10.6 Å². The van der Waals surface area contributed by atoms with E-state index in [9.17, 15) is 4.39 Å². The second kappa shape index (κ2) is 9.59. The molecule has 10 heteroatoms. The van der Waals surface area contributed by atoms with Crippen molar-refractivity contribution in [3.63, 3.8) is 0 Å². The number of nitrogens with one attached hydrogen (secondary N) is 2. The van der Waals surface area contributed by atoms with Crippen LogP contribution in [0, 0.1) is 5.82 Å². The van der Waals surface area contributed by atoms with Gasteiger partial charge in [-0.3, -0.25) is 9.36 Å². The van der Waals surface area contributed by atoms with Gasteiger partial charge in [-0.15, -0.1) is 0 Å². The van der Waals surface area contributed by atoms with Crippen molar-refractivity contribution in [3.05, 3.63) is 93.6 Å². The smallest absolute Gasteiger partial charge is 0.176 e. The van der Waals surface area contributed by atoms with Crippen LogP contribution in [-0.2, 0) is 13.1 Å². The van der Waals surface area contributed by atoms with Gasteiger partial charge in [-0.05, 0) is 57.5 Å². The minimum absolute atomic E-state index is 0.270. The maximum absolute atomic E-state index is 13.3. The van der Waals surface area contributed by atoms with Gasteiger partial charge in [0.1, 0.15) is 5.82 Å². The van der Waals surface area contributed by atoms with Gasteiger partial charge in [0.2, 0.25) is 0 Å². The lowest BCUT2D eigenvalue weighted by atomic mass is 10.2. The van der Waals surface area contributed by atoms with E-state index >= 15 is 0 Å². The third-order valence-corrected chi connectivity index (χ3v) is 5.52. The molecular formula is C21H17BrClFN6S. The Morgan fingerprint density at radius 2 is 1.90 bits per heavy atom. The van der Waals surface area contributed by atoms with Crippen molar-refractivity contribution in [2.24, 2.45) is 0 Å². The molecule has 2 aromatic carbocycles. The molecular weight excluding hydrogens is 503 g/mol. The quantitative estimate of drug-likeness (QED) is 0.328. The van der Waals surface area contributed by atoms with E-state index in [0.717, 1.165) is 15.6 Å². The molecule has 158 valence electrons. The summed E-state index contributed by atoms with van der Waals surface area (Å²) in [6, 6.07) is 14.1. The van der Waals surface area contributed by atoms with Gasteiger partial charge in [-0.25, -0.2) is 4.39 Å². The molecule has 31 heavy (non-hydrogen) atoms. The number of rotatable bonds is 6. The highest BCUT2D eigenvalue weighted by atomic mass is 79.9. The van der Waals surface area contributed by atoms with Gasteiger partial charge in [-0.2, -0.15) is 10.2 Å². The zero-order valence-electron chi connectivity index (χ0n) is 16.1. The van der Waals surface area contributed by atoms with Crippen LogP contribution in [0.2, 0.25) is 5.02 Å². The van der Waals surface area contributed by atoms with Gasteiger partial charge < -0.3 is 10.6 Å². The van der Waals surface area contributed by atoms with Crippen LogP contribution in [0.15, 0.2) is 71.6 Å². The number of hydrogen-bond acceptors (Lipinski definition) is 3. The molecule has 0 radical (unpaired) electrons. The van der Waals surface area contributed by atoms with Gasteiger partial charge in [0, 0.05) is 17.4 Å². The Kier molecular flexibility index (Phi) is 6.64. The predicted molar refractivity (Wildman–Crippen MR) is 128 cm³/mol. The average molecular weight is 520 g/mol. The van der Waals surface area contributed by atoms with Crippen LogP contribution in [0.4, 0.5) is 15.9 Å². The summed E-state index contributed by atoms with van der Waals surface area (Å²) < 4.78 is 17.6. The highest BCUT2D eigenvalue weighted by Gasteiger charge is 2.11. The summed E-state index contributed by atoms with van der Waals surface area (Å²) in [5, 5.41) is 16.0. The van der Waals surface area contributed by atoms with Crippen LogP contribution in [0.5, 0.6) is 0 Å². The highest BCUT2D eigenvalue weighted by molar-refractivity contribution is 9.10. The van der Waals surface area contributed by atoms with E-state index in [0.29, 0.717) is 34.7 Å². The maximum atomic E-state index is 13.3. The van der Waals surface area contributed by atoms with Crippen molar-refractivity contribution < 1.29 is 4.39 Å². The Bertz CT molecular complexity index is 1220. The van der Waals surface area contributed by atoms with Gasteiger partial charge in [0.05, 0.1) is 29.4 Å². The van der Waals surface area contributed by atoms with Crippen LogP contribution in [0.1, 0.15) is 11.1 Å². The van der Waals surface area contributed by atoms with Crippen LogP contribution in [0.3, 0.4) is 0 Å². The first kappa shape index (κ1) is 21.5. The third-order valence-electron chi connectivity index (χ3n) is 4.36. The number of thiocarbonyl (C=S) groups is 1. The average Bonchev–Trinajstić information content (AvgIpc) is 3.29. The van der Waals surface area contributed by atoms with E-state index in [1.54, 1.807) is 27.8 Å². The largest absolute Gasteiger partial charge is 0.330 e. The fraction of sp³-hybridized carbons (Fsp3) is 0.0952. The summed E-state index contributed by atoms with van der Waals surface area (Å²) in [4.78, 5) is 0. The van der Waals surface area contributed by atoms with Crippen LogP contribution >= 0.6 is 39.7 Å². The topological polar surface area (TPSA) is 59.7 Å². The van der Waals surface area contributed by atoms with E-state index in [2.05, 4.69) is 36.8 Å². The SMILES string of the molecule is Fc1cccc(Cn2cc(NC(=S)Nc3nn(Cc4ccccc4Cl)cc3Br)cn2)c1. The molecule has 4 rings (SSSR count). The normalized spacial score (nSPS) is 10.8. The Hall–Kier alpha value is -2.75. The molecule has 2 heterocycles. The number of hydrogen-bond donors (Lipinski definition) is 2. The van der Waals surface area contributed by atoms with E-state index in [4.69, 9.17) is 23.8 Å². The van der Waals surface area contributed by atoms with Crippen molar-refractivity contribution in [1.29, 1.82) is 0 Å². The molecule has 0 saturated carbocycles. The van der Waals surface area contributed by atoms with Gasteiger partial charge in [0.25, 0.3) is 0 Å². The number of halogens is 3. The fourth-order valence-corrected chi connectivity index (χ4v) is 3.80. The van der Waals surface area contributed by atoms with Crippen molar-refractivity contribution in [1.82, 2.24) is 19.6 Å². The summed E-state index contributed by atoms with van der Waals surface area (Å²) in [5.41, 5.74) is 2.50. The van der Waals surface area contributed by atoms with Gasteiger partial charge in [-0.1, -0.05) is 41.9 Å². The minimum atomic E-state index is -0.270. The molecule has 0 bridgehead atoms. The molecule has 0 spiro atoms. The number of benzene rings is 2. The second-order valence-electron chi connectivity index (χ2n) is 6.75. The Labute approximate surface area is 197 Å². The lowest BCUT2D eigenvalue weighted by Gasteiger charge is -2.07. The molecule has 0 saturated heterocycles. The summed E-state index contributed by atoms with van der Waals surface area (Å²) in [5.74, 6) is 0.310. The molecule has 2 aromatic heterocycles. The van der Waals surface area contributed by atoms with Crippen molar-refractivity contribution >= 4 is 56.4 Å². The molecule has 0 unspecified atom stereocenters. The van der Waals surface area contributed by atoms with E-state index in [1.807, 2.05) is 36.5 Å². The van der Waals surface area contributed by atoms with Crippen LogP contribution in [-0.4, -0.2) is 24.7 Å². The summed E-state index contributed by atoms with van der Waals surface area (Å²) >= 11 is 15.1. The zero-order valence-corrected chi connectivity index (χ0v) is 19.3. The summed E-state index contributed by atoms with van der Waals surface area (Å²) in [6.07, 6.45) is 5.30. The minimum Gasteiger partial charge on any atom is -0.330 e. The summed E-state index contributed by atoms with van der Waals surface area (Å²) in [6.45, 7) is 0.991. The Morgan fingerprint density at radius 3 is 2.71 bits per heavy atom. The lowest BCUT2D eigenvalue weighted by molar-refractivity contribution is 0.619. The van der Waals surface area contributed by atoms with Gasteiger partial charge in [0.15, 0.2) is 10.9 Å². The van der Waals surface area contributed by atoms with Crippen LogP contribution in [0.25, 0.3) is 0 Å². The summed E-state index contributed by atoms with van der Waals surface area (Å²) in [7, 11) is 0. The van der Waals surface area contributed by atoms with Gasteiger partial charge >= 0.3 is 0 Å². The number of anilines is 2. The first-order chi connectivity index (χ1) is 15.0. The first-order valence-corrected chi connectivity index (χ1v) is 10.9. The second-order valence-corrected chi connectivity index (χ2v) is 8.42. The van der Waals surface area contributed by atoms with E-state index < -0.39 is 0 Å². The molecule has 0 aliphatic carbocycles. The molecule has 2 N–H and O–H groups in total. The molecule has 0 fully saturated rings. The molecule has 0 aliphatic heterocycles. The Morgan fingerprint density at radius 1 is 1.06 bits per heavy atom. The van der Waals surface area contributed by atoms with Crippen molar-refractivity contribution in [3.8, 4) is 0 Å². The van der Waals surface area contributed by atoms with Crippen molar-refractivity contribution in [2.45, 2.75) is 13.1 Å². The highest BCUT2D eigenvalue weighted by Crippen LogP contribution is 2.23. The maximum Gasteiger partial charge on any atom is 0.176 e. The van der Waals surface area contributed by atoms with Crippen molar-refractivity contribution in [2.75, 3.05) is 10.6 Å². The molecule has 0 amide bonds. The number of aromatic nitrogens is 4. The molecule has 4 aromatic rings. The van der Waals surface area contributed by atoms with E-state index in [-0.39, 0.29) is 5.82 Å². The first-order valence-electron chi connectivity index (χ1n) is 9.27. The third kappa shape index (κ3) is 5.69.